The van der Waals surface area contributed by atoms with Crippen LogP contribution in [0.1, 0.15) is 17.7 Å². The highest BCUT2D eigenvalue weighted by molar-refractivity contribution is 7.88. The molecule has 0 spiro atoms. The Bertz CT molecular complexity index is 891. The van der Waals surface area contributed by atoms with E-state index >= 15 is 0 Å². The molecule has 0 bridgehead atoms. The number of H-pyrrole nitrogens is 1. The summed E-state index contributed by atoms with van der Waals surface area (Å²) in [4.78, 5) is 17.6. The molecule has 2 aromatic rings. The first-order valence-corrected chi connectivity index (χ1v) is 9.97. The van der Waals surface area contributed by atoms with Crippen LogP contribution in [0, 0.1) is 0 Å². The average molecular weight is 370 g/mol. The highest BCUT2D eigenvalue weighted by Crippen LogP contribution is 2.31. The number of para-hydroxylation sites is 1. The maximum atomic E-state index is 12.4. The second kappa shape index (κ2) is 6.38. The smallest absolute Gasteiger partial charge is 0.224 e. The molecule has 6 nitrogen and oxygen atoms in total. The number of rotatable bonds is 4. The van der Waals surface area contributed by atoms with Gasteiger partial charge in [-0.1, -0.05) is 23.7 Å². The van der Waals surface area contributed by atoms with Crippen LogP contribution in [0.4, 0.5) is 0 Å². The minimum Gasteiger partial charge on any atom is -0.357 e. The monoisotopic (exact) mass is 369 g/mol. The van der Waals surface area contributed by atoms with Crippen LogP contribution >= 0.6 is 11.6 Å². The van der Waals surface area contributed by atoms with E-state index in [-0.39, 0.29) is 18.9 Å². The molecular formula is C16H20ClN3O3S. The summed E-state index contributed by atoms with van der Waals surface area (Å²) >= 11 is 6.23. The summed E-state index contributed by atoms with van der Waals surface area (Å²) in [5, 5.41) is 1.72. The number of hydrogen-bond donors (Lipinski definition) is 1. The predicted octanol–water partition coefficient (Wildman–Crippen LogP) is 1.99. The molecule has 130 valence electrons. The van der Waals surface area contributed by atoms with Gasteiger partial charge in [0.1, 0.15) is 0 Å². The molecule has 1 aliphatic rings. The lowest BCUT2D eigenvalue weighted by atomic mass is 10.0. The molecule has 24 heavy (non-hydrogen) atoms. The second-order valence-electron chi connectivity index (χ2n) is 6.14. The molecule has 1 aromatic carbocycles. The van der Waals surface area contributed by atoms with Crippen LogP contribution in [0.25, 0.3) is 10.9 Å². The van der Waals surface area contributed by atoms with Crippen molar-refractivity contribution in [2.75, 3.05) is 26.4 Å². The summed E-state index contributed by atoms with van der Waals surface area (Å²) in [5.41, 5.74) is 3.13. The normalized spacial score (nSPS) is 15.1. The van der Waals surface area contributed by atoms with Crippen molar-refractivity contribution in [1.82, 2.24) is 14.2 Å². The minimum absolute atomic E-state index is 0.0347. The molecule has 0 aliphatic carbocycles. The molecule has 1 aliphatic heterocycles. The third-order valence-corrected chi connectivity index (χ3v) is 6.15. The fourth-order valence-electron chi connectivity index (χ4n) is 2.99. The number of carbonyl (C=O) groups is 1. The van der Waals surface area contributed by atoms with Gasteiger partial charge in [-0.15, -0.1) is 0 Å². The van der Waals surface area contributed by atoms with Crippen LogP contribution in [-0.4, -0.2) is 54.9 Å². The number of aromatic nitrogens is 1. The Morgan fingerprint density at radius 1 is 1.42 bits per heavy atom. The molecular weight excluding hydrogens is 350 g/mol. The molecule has 0 saturated carbocycles. The van der Waals surface area contributed by atoms with E-state index in [4.69, 9.17) is 11.6 Å². The van der Waals surface area contributed by atoms with Crippen LogP contribution in [-0.2, 0) is 27.8 Å². The van der Waals surface area contributed by atoms with Crippen LogP contribution in [0.3, 0.4) is 0 Å². The number of carbonyl (C=O) groups excluding carboxylic acids is 1. The summed E-state index contributed by atoms with van der Waals surface area (Å²) in [7, 11) is -1.77. The van der Waals surface area contributed by atoms with E-state index in [1.54, 1.807) is 4.90 Å². The van der Waals surface area contributed by atoms with E-state index in [9.17, 15) is 13.2 Å². The number of nitrogens with zero attached hydrogens (tertiary/aromatic N) is 2. The van der Waals surface area contributed by atoms with Gasteiger partial charge < -0.3 is 9.88 Å². The van der Waals surface area contributed by atoms with Crippen LogP contribution in [0.5, 0.6) is 0 Å². The lowest BCUT2D eigenvalue weighted by Crippen LogP contribution is -2.38. The van der Waals surface area contributed by atoms with Gasteiger partial charge >= 0.3 is 0 Å². The van der Waals surface area contributed by atoms with Crippen molar-refractivity contribution in [3.63, 3.8) is 0 Å². The summed E-state index contributed by atoms with van der Waals surface area (Å²) in [6.07, 6.45) is 2.07. The van der Waals surface area contributed by atoms with E-state index in [0.29, 0.717) is 18.1 Å². The lowest BCUT2D eigenvalue weighted by Gasteiger charge is -2.28. The molecule has 1 amide bonds. The van der Waals surface area contributed by atoms with Crippen LogP contribution in [0.2, 0.25) is 5.02 Å². The van der Waals surface area contributed by atoms with E-state index < -0.39 is 10.0 Å². The van der Waals surface area contributed by atoms with Gasteiger partial charge in [-0.25, -0.2) is 12.7 Å². The highest BCUT2D eigenvalue weighted by atomic mass is 35.5. The lowest BCUT2D eigenvalue weighted by molar-refractivity contribution is -0.132. The van der Waals surface area contributed by atoms with Gasteiger partial charge in [-0.2, -0.15) is 0 Å². The number of benzene rings is 1. The fourth-order valence-corrected chi connectivity index (χ4v) is 3.64. The van der Waals surface area contributed by atoms with Gasteiger partial charge in [0, 0.05) is 56.2 Å². The second-order valence-corrected chi connectivity index (χ2v) is 8.64. The van der Waals surface area contributed by atoms with Crippen molar-refractivity contribution in [3.05, 3.63) is 34.5 Å². The molecule has 2 heterocycles. The Morgan fingerprint density at radius 3 is 2.88 bits per heavy atom. The number of amides is 1. The van der Waals surface area contributed by atoms with Crippen molar-refractivity contribution in [2.45, 2.75) is 19.4 Å². The van der Waals surface area contributed by atoms with Crippen molar-refractivity contribution in [1.29, 1.82) is 0 Å². The fraction of sp³-hybridized carbons (Fsp3) is 0.438. The number of nitrogens with one attached hydrogen (secondary N) is 1. The third-order valence-electron chi connectivity index (χ3n) is 4.52. The third kappa shape index (κ3) is 3.29. The maximum Gasteiger partial charge on any atom is 0.224 e. The molecule has 8 heteroatoms. The van der Waals surface area contributed by atoms with Crippen molar-refractivity contribution < 1.29 is 13.2 Å². The number of fused-ring (bicyclic) bond motifs is 3. The van der Waals surface area contributed by atoms with Gasteiger partial charge in [0.2, 0.25) is 15.9 Å². The molecule has 1 aromatic heterocycles. The summed E-state index contributed by atoms with van der Waals surface area (Å²) in [5.74, 6) is -0.0347. The van der Waals surface area contributed by atoms with Crippen molar-refractivity contribution >= 4 is 38.4 Å². The Balaban J connectivity index is 1.74. The van der Waals surface area contributed by atoms with Gasteiger partial charge in [0.25, 0.3) is 0 Å². The molecule has 0 atom stereocenters. The van der Waals surface area contributed by atoms with E-state index in [2.05, 4.69) is 4.98 Å². The van der Waals surface area contributed by atoms with Crippen molar-refractivity contribution in [2.24, 2.45) is 0 Å². The predicted molar refractivity (Wildman–Crippen MR) is 94.5 cm³/mol. The summed E-state index contributed by atoms with van der Waals surface area (Å²) in [6.45, 7) is 1.34. The van der Waals surface area contributed by atoms with Gasteiger partial charge in [0.15, 0.2) is 0 Å². The molecule has 0 saturated heterocycles. The zero-order chi connectivity index (χ0) is 17.5. The highest BCUT2D eigenvalue weighted by Gasteiger charge is 2.25. The number of sulfonamides is 1. The molecule has 0 fully saturated rings. The van der Waals surface area contributed by atoms with Gasteiger partial charge in [-0.3, -0.25) is 4.79 Å². The largest absolute Gasteiger partial charge is 0.357 e. The first-order valence-electron chi connectivity index (χ1n) is 7.74. The van der Waals surface area contributed by atoms with Gasteiger partial charge in [-0.05, 0) is 6.07 Å². The van der Waals surface area contributed by atoms with Crippen LogP contribution < -0.4 is 0 Å². The molecule has 1 N–H and O–H groups in total. The van der Waals surface area contributed by atoms with Crippen molar-refractivity contribution in [3.8, 4) is 0 Å². The number of halogens is 1. The average Bonchev–Trinajstić information content (AvgIpc) is 2.90. The number of hydrogen-bond acceptors (Lipinski definition) is 3. The Labute approximate surface area is 146 Å². The zero-order valence-corrected chi connectivity index (χ0v) is 15.2. The SMILES string of the molecule is CN(CCC(=O)N1CCc2[nH]c3c(Cl)cccc3c2C1)S(C)(=O)=O. The van der Waals surface area contributed by atoms with Gasteiger partial charge in [0.05, 0.1) is 16.8 Å². The summed E-state index contributed by atoms with van der Waals surface area (Å²) in [6, 6.07) is 5.75. The van der Waals surface area contributed by atoms with E-state index in [1.807, 2.05) is 18.2 Å². The number of aromatic amines is 1. The molecule has 0 radical (unpaired) electrons. The maximum absolute atomic E-state index is 12.4. The van der Waals surface area contributed by atoms with Crippen LogP contribution in [0.15, 0.2) is 18.2 Å². The first-order chi connectivity index (χ1) is 11.3. The Morgan fingerprint density at radius 2 is 2.17 bits per heavy atom. The standard InChI is InChI=1S/C16H20ClN3O3S/c1-19(24(2,22)23)8-7-15(21)20-9-6-14-12(10-20)11-4-3-5-13(17)16(11)18-14/h3-5,18H,6-10H2,1-2H3. The summed E-state index contributed by atoms with van der Waals surface area (Å²) < 4.78 is 24.0. The molecule has 3 rings (SSSR count). The van der Waals surface area contributed by atoms with E-state index in [0.717, 1.165) is 34.8 Å². The quantitative estimate of drug-likeness (QED) is 0.895. The zero-order valence-electron chi connectivity index (χ0n) is 13.7. The first kappa shape index (κ1) is 17.3. The Kier molecular flexibility index (Phi) is 4.59. The topological polar surface area (TPSA) is 73.5 Å². The van der Waals surface area contributed by atoms with E-state index in [1.165, 1.54) is 11.4 Å². The minimum atomic E-state index is -3.26. The molecule has 0 unspecified atom stereocenters. The Hall–Kier alpha value is -1.57.